The van der Waals surface area contributed by atoms with Gasteiger partial charge in [-0.05, 0) is 139 Å². The van der Waals surface area contributed by atoms with Crippen LogP contribution in [0.5, 0.6) is 0 Å². The number of hydrogen-bond donors (Lipinski definition) is 0. The molecule has 0 atom stereocenters. The summed E-state index contributed by atoms with van der Waals surface area (Å²) in [5.74, 6) is 0. The number of benzene rings is 11. The molecular formula is C54H44. The molecule has 0 aliphatic heterocycles. The Morgan fingerprint density at radius 1 is 0.185 bits per heavy atom. The fourth-order valence-corrected chi connectivity index (χ4v) is 8.59. The summed E-state index contributed by atoms with van der Waals surface area (Å²) in [4.78, 5) is 0. The van der Waals surface area contributed by atoms with Crippen molar-refractivity contribution in [2.45, 2.75) is 41.5 Å². The number of aryl methyl sites for hydroxylation is 6. The van der Waals surface area contributed by atoms with Crippen LogP contribution in [0, 0.1) is 41.5 Å². The van der Waals surface area contributed by atoms with E-state index >= 15 is 0 Å². The van der Waals surface area contributed by atoms with Crippen molar-refractivity contribution in [3.63, 3.8) is 0 Å². The molecule has 11 aromatic carbocycles. The highest BCUT2D eigenvalue weighted by atomic mass is 14.1. The maximum Gasteiger partial charge on any atom is -0.00266 e. The summed E-state index contributed by atoms with van der Waals surface area (Å²) < 4.78 is 0. The zero-order valence-corrected chi connectivity index (χ0v) is 32.0. The Morgan fingerprint density at radius 3 is 0.685 bits per heavy atom. The topological polar surface area (TPSA) is 0 Å². The molecule has 0 fully saturated rings. The van der Waals surface area contributed by atoms with Gasteiger partial charge in [0.2, 0.25) is 0 Å². The normalized spacial score (nSPS) is 11.5. The van der Waals surface area contributed by atoms with Crippen molar-refractivity contribution in [1.82, 2.24) is 0 Å². The minimum atomic E-state index is 1.31. The summed E-state index contributed by atoms with van der Waals surface area (Å²) >= 11 is 0. The van der Waals surface area contributed by atoms with Crippen LogP contribution in [-0.2, 0) is 0 Å². The zero-order chi connectivity index (χ0) is 37.1. The van der Waals surface area contributed by atoms with E-state index in [9.17, 15) is 0 Å². The van der Waals surface area contributed by atoms with Gasteiger partial charge in [0.25, 0.3) is 0 Å². The molecule has 0 spiro atoms. The van der Waals surface area contributed by atoms with Gasteiger partial charge in [0.1, 0.15) is 0 Å². The Balaban J connectivity index is 0.000000107. The first-order chi connectivity index (χ1) is 26.2. The molecule has 0 amide bonds. The third-order valence-corrected chi connectivity index (χ3v) is 11.1. The summed E-state index contributed by atoms with van der Waals surface area (Å²) in [5, 5.41) is 21.6. The Morgan fingerprint density at radius 2 is 0.389 bits per heavy atom. The molecule has 0 heterocycles. The smallest absolute Gasteiger partial charge is 0.00266 e. The molecule has 0 nitrogen and oxygen atoms in total. The van der Waals surface area contributed by atoms with E-state index in [1.165, 1.54) is 120 Å². The average Bonchev–Trinajstić information content (AvgIpc) is 3.16. The van der Waals surface area contributed by atoms with Crippen LogP contribution in [0.15, 0.2) is 158 Å². The predicted molar refractivity (Wildman–Crippen MR) is 239 cm³/mol. The minimum absolute atomic E-state index is 1.31. The van der Waals surface area contributed by atoms with Gasteiger partial charge in [-0.15, -0.1) is 0 Å². The lowest BCUT2D eigenvalue weighted by Gasteiger charge is -2.12. The first kappa shape index (κ1) is 33.6. The monoisotopic (exact) mass is 692 g/mol. The molecule has 11 rings (SSSR count). The van der Waals surface area contributed by atoms with Gasteiger partial charge in [-0.1, -0.05) is 180 Å². The van der Waals surface area contributed by atoms with Gasteiger partial charge in [-0.2, -0.15) is 0 Å². The van der Waals surface area contributed by atoms with Crippen LogP contribution in [0.1, 0.15) is 33.4 Å². The first-order valence-corrected chi connectivity index (χ1v) is 19.1. The second kappa shape index (κ2) is 13.3. The fraction of sp³-hybridized carbons (Fsp3) is 0.111. The maximum absolute atomic E-state index is 2.28. The van der Waals surface area contributed by atoms with E-state index in [1.807, 2.05) is 0 Å². The van der Waals surface area contributed by atoms with Crippen LogP contribution in [0.2, 0.25) is 0 Å². The van der Waals surface area contributed by atoms with E-state index in [2.05, 4.69) is 199 Å². The van der Waals surface area contributed by atoms with Crippen molar-refractivity contribution in [1.29, 1.82) is 0 Å². The van der Waals surface area contributed by atoms with E-state index in [1.54, 1.807) is 0 Å². The third kappa shape index (κ3) is 6.08. The van der Waals surface area contributed by atoms with Crippen molar-refractivity contribution in [3.8, 4) is 0 Å². The van der Waals surface area contributed by atoms with Crippen molar-refractivity contribution in [2.24, 2.45) is 0 Å². The molecule has 0 saturated heterocycles. The van der Waals surface area contributed by atoms with E-state index in [4.69, 9.17) is 0 Å². The lowest BCUT2D eigenvalue weighted by atomic mass is 9.92. The molecule has 54 heavy (non-hydrogen) atoms. The summed E-state index contributed by atoms with van der Waals surface area (Å²) in [6.45, 7) is 12.9. The molecule has 0 heteroatoms. The van der Waals surface area contributed by atoms with Crippen LogP contribution in [0.4, 0.5) is 0 Å². The quantitative estimate of drug-likeness (QED) is 0.139. The highest BCUT2D eigenvalue weighted by Gasteiger charge is 2.09. The first-order valence-electron chi connectivity index (χ1n) is 19.1. The van der Waals surface area contributed by atoms with Crippen LogP contribution >= 0.6 is 0 Å². The van der Waals surface area contributed by atoms with Crippen molar-refractivity contribution >= 4 is 86.2 Å². The van der Waals surface area contributed by atoms with Crippen molar-refractivity contribution in [3.05, 3.63) is 191 Å². The van der Waals surface area contributed by atoms with Crippen LogP contribution in [-0.4, -0.2) is 0 Å². The van der Waals surface area contributed by atoms with E-state index in [-0.39, 0.29) is 0 Å². The third-order valence-electron chi connectivity index (χ3n) is 11.1. The molecule has 0 aliphatic rings. The second-order valence-electron chi connectivity index (χ2n) is 15.5. The largest absolute Gasteiger partial charge is 0.0587 e. The standard InChI is InChI=1S/C20H16.C18H14.C16H14/c1-13-3-7-17-15(11-13)5-9-20-18-8-4-14(2)12-16(18)6-10-19(17)20;1-11-7-13-3-5-15-9-12(2)10-16-6-4-14(8-11)17(13)18(15)16;1-11-3-7-15-13(9-11)5-6-14-10-12(2)4-8-16(14)15/h3-12H,1-2H3;3-10H,1-2H3;3-10H,1-2H3. The van der Waals surface area contributed by atoms with Gasteiger partial charge in [0, 0.05) is 0 Å². The SMILES string of the molecule is Cc1cc2ccc3cc(C)cc4ccc(c1)c2c34.Cc1ccc2c(ccc3c4ccc(C)cc4ccc23)c1.Cc1ccc2c(ccc3cc(C)ccc32)c1. The lowest BCUT2D eigenvalue weighted by molar-refractivity contribution is 1.50. The second-order valence-corrected chi connectivity index (χ2v) is 15.5. The lowest BCUT2D eigenvalue weighted by Crippen LogP contribution is -1.86. The van der Waals surface area contributed by atoms with Crippen molar-refractivity contribution < 1.29 is 0 Å². The molecule has 0 radical (unpaired) electrons. The van der Waals surface area contributed by atoms with Crippen LogP contribution < -0.4 is 0 Å². The van der Waals surface area contributed by atoms with E-state index in [0.29, 0.717) is 0 Å². The van der Waals surface area contributed by atoms with Gasteiger partial charge in [0.15, 0.2) is 0 Å². The van der Waals surface area contributed by atoms with E-state index in [0.717, 1.165) is 0 Å². The van der Waals surface area contributed by atoms with Crippen molar-refractivity contribution in [2.75, 3.05) is 0 Å². The maximum atomic E-state index is 2.28. The Kier molecular flexibility index (Phi) is 8.28. The van der Waals surface area contributed by atoms with Gasteiger partial charge in [-0.25, -0.2) is 0 Å². The highest BCUT2D eigenvalue weighted by Crippen LogP contribution is 2.36. The fourth-order valence-electron chi connectivity index (χ4n) is 8.59. The summed E-state index contributed by atoms with van der Waals surface area (Å²) in [7, 11) is 0. The summed E-state index contributed by atoms with van der Waals surface area (Å²) in [6.07, 6.45) is 0. The van der Waals surface area contributed by atoms with Crippen LogP contribution in [0.25, 0.3) is 86.2 Å². The predicted octanol–water partition coefficient (Wildman–Crippen LogP) is 15.6. The van der Waals surface area contributed by atoms with Crippen LogP contribution in [0.3, 0.4) is 0 Å². The molecule has 0 N–H and O–H groups in total. The highest BCUT2D eigenvalue weighted by molar-refractivity contribution is 6.23. The molecule has 260 valence electrons. The molecule has 11 aromatic rings. The Bertz CT molecular complexity index is 2930. The summed E-state index contributed by atoms with van der Waals surface area (Å²) in [6, 6.07) is 58.2. The summed E-state index contributed by atoms with van der Waals surface area (Å²) in [5.41, 5.74) is 7.92. The number of hydrogen-bond acceptors (Lipinski definition) is 0. The molecule has 0 saturated carbocycles. The van der Waals surface area contributed by atoms with Gasteiger partial charge in [0.05, 0.1) is 0 Å². The zero-order valence-electron chi connectivity index (χ0n) is 32.0. The Labute approximate surface area is 317 Å². The van der Waals surface area contributed by atoms with Gasteiger partial charge in [-0.3, -0.25) is 0 Å². The molecule has 0 bridgehead atoms. The molecule has 0 aromatic heterocycles. The van der Waals surface area contributed by atoms with Gasteiger partial charge < -0.3 is 0 Å². The molecular weight excluding hydrogens is 649 g/mol. The van der Waals surface area contributed by atoms with E-state index < -0.39 is 0 Å². The molecule has 0 aliphatic carbocycles. The Hall–Kier alpha value is -6.24. The minimum Gasteiger partial charge on any atom is -0.0587 e. The number of rotatable bonds is 0. The molecule has 0 unspecified atom stereocenters. The average molecular weight is 693 g/mol. The number of fused-ring (bicyclic) bond motifs is 8. The van der Waals surface area contributed by atoms with Gasteiger partial charge >= 0.3 is 0 Å².